The maximum Gasteiger partial charge on any atom is 0.122 e. The topological polar surface area (TPSA) is 29.5 Å². The summed E-state index contributed by atoms with van der Waals surface area (Å²) in [6, 6.07) is 7.82. The van der Waals surface area contributed by atoms with E-state index in [0.29, 0.717) is 6.61 Å². The largest absolute Gasteiger partial charge is 0.491 e. The third-order valence-electron chi connectivity index (χ3n) is 1.86. The molecule has 0 fully saturated rings. The van der Waals surface area contributed by atoms with Crippen LogP contribution in [0.4, 0.5) is 0 Å². The van der Waals surface area contributed by atoms with Crippen LogP contribution in [0.5, 0.6) is 5.75 Å². The standard InChI is InChI=1S/C9H10O2.C2H6/c10-8-5-7-3-1-2-4-9(7)11-6-8;1-2/h1-4,8,10H,5-6H2;1-2H3. The van der Waals surface area contributed by atoms with Gasteiger partial charge in [0.2, 0.25) is 0 Å². The molecule has 1 aromatic rings. The van der Waals surface area contributed by atoms with Gasteiger partial charge in [-0.1, -0.05) is 32.0 Å². The lowest BCUT2D eigenvalue weighted by Gasteiger charge is -2.20. The average molecular weight is 180 g/mol. The van der Waals surface area contributed by atoms with Crippen molar-refractivity contribution in [1.29, 1.82) is 0 Å². The summed E-state index contributed by atoms with van der Waals surface area (Å²) in [6.45, 7) is 4.43. The van der Waals surface area contributed by atoms with Gasteiger partial charge in [0, 0.05) is 6.42 Å². The number of para-hydroxylation sites is 1. The molecule has 1 N–H and O–H groups in total. The zero-order valence-electron chi connectivity index (χ0n) is 8.16. The Balaban J connectivity index is 0.000000396. The number of aliphatic hydroxyl groups excluding tert-OH is 1. The predicted molar refractivity (Wildman–Crippen MR) is 53.0 cm³/mol. The second-order valence-corrected chi connectivity index (χ2v) is 2.78. The fraction of sp³-hybridized carbons (Fsp3) is 0.455. The van der Waals surface area contributed by atoms with Gasteiger partial charge in [-0.25, -0.2) is 0 Å². The Bertz CT molecular complexity index is 258. The van der Waals surface area contributed by atoms with E-state index in [-0.39, 0.29) is 6.10 Å². The normalized spacial score (nSPS) is 19.2. The number of fused-ring (bicyclic) bond motifs is 1. The summed E-state index contributed by atoms with van der Waals surface area (Å²) in [5.41, 5.74) is 1.10. The van der Waals surface area contributed by atoms with E-state index < -0.39 is 0 Å². The lowest BCUT2D eigenvalue weighted by molar-refractivity contribution is 0.0921. The number of hydrogen-bond donors (Lipinski definition) is 1. The van der Waals surface area contributed by atoms with Crippen LogP contribution in [-0.2, 0) is 6.42 Å². The van der Waals surface area contributed by atoms with Crippen LogP contribution in [0.1, 0.15) is 19.4 Å². The predicted octanol–water partition coefficient (Wildman–Crippen LogP) is 2.01. The number of hydrogen-bond acceptors (Lipinski definition) is 2. The van der Waals surface area contributed by atoms with Crippen LogP contribution in [0.15, 0.2) is 24.3 Å². The van der Waals surface area contributed by atoms with E-state index in [1.54, 1.807) is 0 Å². The van der Waals surface area contributed by atoms with Crippen molar-refractivity contribution < 1.29 is 9.84 Å². The Morgan fingerprint density at radius 1 is 1.31 bits per heavy atom. The molecule has 2 nitrogen and oxygen atoms in total. The Hall–Kier alpha value is -1.02. The maximum absolute atomic E-state index is 9.23. The molecule has 0 saturated heterocycles. The third-order valence-corrected chi connectivity index (χ3v) is 1.86. The molecule has 0 amide bonds. The van der Waals surface area contributed by atoms with Gasteiger partial charge >= 0.3 is 0 Å². The minimum Gasteiger partial charge on any atom is -0.491 e. The minimum atomic E-state index is -0.329. The van der Waals surface area contributed by atoms with Crippen LogP contribution < -0.4 is 4.74 Å². The number of ether oxygens (including phenoxy) is 1. The van der Waals surface area contributed by atoms with Crippen LogP contribution >= 0.6 is 0 Å². The van der Waals surface area contributed by atoms with Crippen LogP contribution in [0.25, 0.3) is 0 Å². The second-order valence-electron chi connectivity index (χ2n) is 2.78. The average Bonchev–Trinajstić information content (AvgIpc) is 2.21. The summed E-state index contributed by atoms with van der Waals surface area (Å²) >= 11 is 0. The lowest BCUT2D eigenvalue weighted by Crippen LogP contribution is -2.25. The first-order valence-electron chi connectivity index (χ1n) is 4.75. The highest BCUT2D eigenvalue weighted by Crippen LogP contribution is 2.23. The molecule has 1 atom stereocenters. The summed E-state index contributed by atoms with van der Waals surface area (Å²) < 4.78 is 5.29. The van der Waals surface area contributed by atoms with E-state index >= 15 is 0 Å². The first-order chi connectivity index (χ1) is 6.36. The molecule has 1 unspecified atom stereocenters. The van der Waals surface area contributed by atoms with Crippen molar-refractivity contribution in [2.45, 2.75) is 26.4 Å². The quantitative estimate of drug-likeness (QED) is 0.661. The maximum atomic E-state index is 9.23. The van der Waals surface area contributed by atoms with E-state index in [0.717, 1.165) is 17.7 Å². The van der Waals surface area contributed by atoms with Gasteiger partial charge in [-0.15, -0.1) is 0 Å². The zero-order valence-corrected chi connectivity index (χ0v) is 8.16. The Morgan fingerprint density at radius 3 is 2.77 bits per heavy atom. The molecule has 2 rings (SSSR count). The highest BCUT2D eigenvalue weighted by Gasteiger charge is 2.15. The molecule has 1 aliphatic heterocycles. The fourth-order valence-corrected chi connectivity index (χ4v) is 1.31. The van der Waals surface area contributed by atoms with E-state index in [4.69, 9.17) is 4.74 Å². The van der Waals surface area contributed by atoms with Crippen LogP contribution in [-0.4, -0.2) is 17.8 Å². The number of aliphatic hydroxyl groups is 1. The molecule has 0 radical (unpaired) electrons. The van der Waals surface area contributed by atoms with Crippen LogP contribution in [0, 0.1) is 0 Å². The number of rotatable bonds is 0. The van der Waals surface area contributed by atoms with Gasteiger partial charge in [-0.3, -0.25) is 0 Å². The van der Waals surface area contributed by atoms with Crippen molar-refractivity contribution in [3.05, 3.63) is 29.8 Å². The van der Waals surface area contributed by atoms with Crippen molar-refractivity contribution in [2.75, 3.05) is 6.61 Å². The fourth-order valence-electron chi connectivity index (χ4n) is 1.31. The first-order valence-corrected chi connectivity index (χ1v) is 4.75. The minimum absolute atomic E-state index is 0.329. The lowest BCUT2D eigenvalue weighted by atomic mass is 10.1. The Morgan fingerprint density at radius 2 is 2.00 bits per heavy atom. The molecule has 1 heterocycles. The summed E-state index contributed by atoms with van der Waals surface area (Å²) in [7, 11) is 0. The van der Waals surface area contributed by atoms with E-state index in [1.807, 2.05) is 38.1 Å². The molecule has 0 aliphatic carbocycles. The molecule has 72 valence electrons. The summed E-state index contributed by atoms with van der Waals surface area (Å²) in [4.78, 5) is 0. The highest BCUT2D eigenvalue weighted by atomic mass is 16.5. The molecule has 1 aromatic carbocycles. The van der Waals surface area contributed by atoms with Gasteiger partial charge in [0.1, 0.15) is 12.4 Å². The smallest absolute Gasteiger partial charge is 0.122 e. The monoisotopic (exact) mass is 180 g/mol. The molecule has 1 aliphatic rings. The van der Waals surface area contributed by atoms with Crippen molar-refractivity contribution >= 4 is 0 Å². The molecular formula is C11H16O2. The van der Waals surface area contributed by atoms with E-state index in [9.17, 15) is 5.11 Å². The van der Waals surface area contributed by atoms with Gasteiger partial charge in [0.05, 0.1) is 6.10 Å². The number of benzene rings is 1. The summed E-state index contributed by atoms with van der Waals surface area (Å²) in [5, 5.41) is 9.23. The van der Waals surface area contributed by atoms with Crippen LogP contribution in [0.2, 0.25) is 0 Å². The third kappa shape index (κ3) is 2.46. The van der Waals surface area contributed by atoms with Crippen molar-refractivity contribution in [3.63, 3.8) is 0 Å². The molecule has 0 saturated carbocycles. The zero-order chi connectivity index (χ0) is 9.68. The first kappa shape index (κ1) is 10.1. The highest BCUT2D eigenvalue weighted by molar-refractivity contribution is 5.35. The molecule has 0 aromatic heterocycles. The van der Waals surface area contributed by atoms with Gasteiger partial charge in [0.15, 0.2) is 0 Å². The van der Waals surface area contributed by atoms with E-state index in [2.05, 4.69) is 0 Å². The SMILES string of the molecule is CC.OC1COc2ccccc2C1. The van der Waals surface area contributed by atoms with Gasteiger partial charge in [-0.2, -0.15) is 0 Å². The molecular weight excluding hydrogens is 164 g/mol. The van der Waals surface area contributed by atoms with Gasteiger partial charge < -0.3 is 9.84 Å². The van der Waals surface area contributed by atoms with E-state index in [1.165, 1.54) is 0 Å². The molecule has 0 bridgehead atoms. The van der Waals surface area contributed by atoms with Crippen molar-refractivity contribution in [3.8, 4) is 5.75 Å². The van der Waals surface area contributed by atoms with Gasteiger partial charge in [0.25, 0.3) is 0 Å². The molecule has 2 heteroatoms. The summed E-state index contributed by atoms with van der Waals surface area (Å²) in [6.07, 6.45) is 0.390. The molecule has 13 heavy (non-hydrogen) atoms. The molecule has 0 spiro atoms. The van der Waals surface area contributed by atoms with Crippen molar-refractivity contribution in [1.82, 2.24) is 0 Å². The summed E-state index contributed by atoms with van der Waals surface area (Å²) in [5.74, 6) is 0.915. The van der Waals surface area contributed by atoms with Crippen LogP contribution in [0.3, 0.4) is 0 Å². The van der Waals surface area contributed by atoms with Gasteiger partial charge in [-0.05, 0) is 11.6 Å². The Labute approximate surface area is 79.2 Å². The second kappa shape index (κ2) is 4.87. The van der Waals surface area contributed by atoms with Crippen molar-refractivity contribution in [2.24, 2.45) is 0 Å². The Kier molecular flexibility index (Phi) is 3.77.